The molecule has 1 atom stereocenters. The van der Waals surface area contributed by atoms with Crippen LogP contribution in [-0.4, -0.2) is 21.5 Å². The summed E-state index contributed by atoms with van der Waals surface area (Å²) >= 11 is 1.48. The lowest BCUT2D eigenvalue weighted by atomic mass is 9.75. The van der Waals surface area contributed by atoms with Gasteiger partial charge in [-0.1, -0.05) is 20.3 Å². The Bertz CT molecular complexity index is 549. The Morgan fingerprint density at radius 2 is 2.20 bits per heavy atom. The largest absolute Gasteiger partial charge is 0.315 e. The van der Waals surface area contributed by atoms with Crippen LogP contribution in [0.25, 0.3) is 0 Å². The Hall–Kier alpha value is -0.430. The van der Waals surface area contributed by atoms with Crippen molar-refractivity contribution in [2.24, 2.45) is 5.41 Å². The second-order valence-corrected chi connectivity index (χ2v) is 9.00. The van der Waals surface area contributed by atoms with Crippen molar-refractivity contribution in [2.75, 3.05) is 7.05 Å². The Morgan fingerprint density at radius 1 is 1.45 bits per heavy atom. The zero-order chi connectivity index (χ0) is 14.8. The van der Waals surface area contributed by atoms with Crippen LogP contribution >= 0.6 is 11.3 Å². The minimum atomic E-state index is -3.40. The van der Waals surface area contributed by atoms with Gasteiger partial charge >= 0.3 is 0 Å². The first kappa shape index (κ1) is 15.9. The second-order valence-electron chi connectivity index (χ2n) is 6.32. The summed E-state index contributed by atoms with van der Waals surface area (Å²) < 4.78 is 28.0. The monoisotopic (exact) mass is 316 g/mol. The molecule has 6 heteroatoms. The maximum atomic E-state index is 12.5. The average Bonchev–Trinajstić information content (AvgIpc) is 2.76. The molecule has 1 unspecified atom stereocenters. The molecule has 114 valence electrons. The van der Waals surface area contributed by atoms with Gasteiger partial charge in [0, 0.05) is 17.5 Å². The van der Waals surface area contributed by atoms with Gasteiger partial charge in [-0.05, 0) is 43.2 Å². The van der Waals surface area contributed by atoms with E-state index in [2.05, 4.69) is 23.9 Å². The summed E-state index contributed by atoms with van der Waals surface area (Å²) in [5.41, 5.74) is 0.230. The minimum Gasteiger partial charge on any atom is -0.315 e. The van der Waals surface area contributed by atoms with Crippen LogP contribution in [0.3, 0.4) is 0 Å². The Balaban J connectivity index is 2.13. The zero-order valence-corrected chi connectivity index (χ0v) is 14.0. The molecule has 4 nitrogen and oxygen atoms in total. The van der Waals surface area contributed by atoms with E-state index < -0.39 is 10.0 Å². The van der Waals surface area contributed by atoms with Gasteiger partial charge in [0.1, 0.15) is 0 Å². The van der Waals surface area contributed by atoms with Crippen LogP contribution in [0.4, 0.5) is 0 Å². The van der Waals surface area contributed by atoms with Gasteiger partial charge < -0.3 is 5.32 Å². The van der Waals surface area contributed by atoms with Gasteiger partial charge in [-0.3, -0.25) is 0 Å². The van der Waals surface area contributed by atoms with Gasteiger partial charge in [0.05, 0.1) is 4.90 Å². The van der Waals surface area contributed by atoms with Crippen molar-refractivity contribution in [3.8, 4) is 0 Å². The predicted octanol–water partition coefficient (Wildman–Crippen LogP) is 2.71. The highest BCUT2D eigenvalue weighted by atomic mass is 32.2. The number of rotatable bonds is 5. The second kappa shape index (κ2) is 6.13. The molecule has 0 saturated heterocycles. The number of sulfonamides is 1. The minimum absolute atomic E-state index is 0.0612. The van der Waals surface area contributed by atoms with Gasteiger partial charge in [-0.15, -0.1) is 11.3 Å². The third-order valence-corrected chi connectivity index (χ3v) is 6.51. The van der Waals surface area contributed by atoms with Crippen LogP contribution in [0.15, 0.2) is 16.3 Å². The number of nitrogens with one attached hydrogen (secondary N) is 2. The standard InChI is InChI=1S/C14H24N2O2S2/c1-14(2)7-4-5-11(9-14)16-20(17,18)13-6-8-19-12(13)10-15-3/h6,8,11,15-16H,4-5,7,9-10H2,1-3H3. The third-order valence-electron chi connectivity index (χ3n) is 3.86. The zero-order valence-electron chi connectivity index (χ0n) is 12.4. The van der Waals surface area contributed by atoms with E-state index in [-0.39, 0.29) is 11.5 Å². The molecule has 0 aromatic carbocycles. The molecule has 2 N–H and O–H groups in total. The molecule has 20 heavy (non-hydrogen) atoms. The summed E-state index contributed by atoms with van der Waals surface area (Å²) in [6, 6.07) is 1.76. The average molecular weight is 316 g/mol. The Labute approximate surface area is 126 Å². The first-order valence-electron chi connectivity index (χ1n) is 7.07. The van der Waals surface area contributed by atoms with E-state index in [1.807, 2.05) is 12.4 Å². The van der Waals surface area contributed by atoms with E-state index >= 15 is 0 Å². The van der Waals surface area contributed by atoms with Gasteiger partial charge in [0.25, 0.3) is 0 Å². The molecule has 1 aliphatic rings. The van der Waals surface area contributed by atoms with E-state index in [0.717, 1.165) is 24.1 Å². The SMILES string of the molecule is CNCc1sccc1S(=O)(=O)NC1CCCC(C)(C)C1. The van der Waals surface area contributed by atoms with Crippen molar-refractivity contribution in [3.63, 3.8) is 0 Å². The molecule has 1 aromatic heterocycles. The van der Waals surface area contributed by atoms with Crippen LogP contribution in [-0.2, 0) is 16.6 Å². The smallest absolute Gasteiger partial charge is 0.241 e. The topological polar surface area (TPSA) is 58.2 Å². The maximum Gasteiger partial charge on any atom is 0.241 e. The van der Waals surface area contributed by atoms with Gasteiger partial charge in [-0.2, -0.15) is 0 Å². The first-order chi connectivity index (χ1) is 9.34. The third kappa shape index (κ3) is 3.81. The van der Waals surface area contributed by atoms with Crippen molar-refractivity contribution >= 4 is 21.4 Å². The Morgan fingerprint density at radius 3 is 2.85 bits per heavy atom. The molecule has 1 heterocycles. The van der Waals surface area contributed by atoms with Crippen molar-refractivity contribution in [3.05, 3.63) is 16.3 Å². The summed E-state index contributed by atoms with van der Waals surface area (Å²) in [5.74, 6) is 0. The van der Waals surface area contributed by atoms with Crippen LogP contribution in [0.5, 0.6) is 0 Å². The fourth-order valence-corrected chi connectivity index (χ4v) is 5.67. The van der Waals surface area contributed by atoms with Crippen molar-refractivity contribution < 1.29 is 8.42 Å². The van der Waals surface area contributed by atoms with Crippen molar-refractivity contribution in [1.82, 2.24) is 10.0 Å². The lowest BCUT2D eigenvalue weighted by Crippen LogP contribution is -2.40. The molecule has 0 radical (unpaired) electrons. The van der Waals surface area contributed by atoms with Crippen LogP contribution in [0.1, 0.15) is 44.4 Å². The molecular weight excluding hydrogens is 292 g/mol. The molecule has 1 aromatic rings. The molecule has 1 aliphatic carbocycles. The quantitative estimate of drug-likeness (QED) is 0.878. The first-order valence-corrected chi connectivity index (χ1v) is 9.44. The van der Waals surface area contributed by atoms with Crippen LogP contribution < -0.4 is 10.0 Å². The Kier molecular flexibility index (Phi) is 4.89. The fourth-order valence-electron chi connectivity index (χ4n) is 2.94. The molecule has 0 spiro atoms. The number of hydrogen-bond acceptors (Lipinski definition) is 4. The molecule has 1 fully saturated rings. The van der Waals surface area contributed by atoms with E-state index in [0.29, 0.717) is 11.4 Å². The van der Waals surface area contributed by atoms with E-state index in [9.17, 15) is 8.42 Å². The predicted molar refractivity (Wildman–Crippen MR) is 83.4 cm³/mol. The van der Waals surface area contributed by atoms with Gasteiger partial charge in [0.15, 0.2) is 0 Å². The van der Waals surface area contributed by atoms with Crippen LogP contribution in [0, 0.1) is 5.41 Å². The molecule has 0 bridgehead atoms. The molecular formula is C14H24N2O2S2. The van der Waals surface area contributed by atoms with Gasteiger partial charge in [-0.25, -0.2) is 13.1 Å². The van der Waals surface area contributed by atoms with Crippen molar-refractivity contribution in [2.45, 2.75) is 57.0 Å². The summed E-state index contributed by atoms with van der Waals surface area (Å²) in [4.78, 5) is 1.30. The summed E-state index contributed by atoms with van der Waals surface area (Å²) in [6.45, 7) is 5.01. The summed E-state index contributed by atoms with van der Waals surface area (Å²) in [5, 5.41) is 4.86. The van der Waals surface area contributed by atoms with E-state index in [4.69, 9.17) is 0 Å². The normalized spacial score (nSPS) is 22.9. The summed E-state index contributed by atoms with van der Waals surface area (Å²) in [6.07, 6.45) is 4.12. The maximum absolute atomic E-state index is 12.5. The molecule has 0 aliphatic heterocycles. The van der Waals surface area contributed by atoms with Crippen LogP contribution in [0.2, 0.25) is 0 Å². The lowest BCUT2D eigenvalue weighted by Gasteiger charge is -2.35. The molecule has 1 saturated carbocycles. The highest BCUT2D eigenvalue weighted by Crippen LogP contribution is 2.35. The fraction of sp³-hybridized carbons (Fsp3) is 0.714. The number of thiophene rings is 1. The lowest BCUT2D eigenvalue weighted by molar-refractivity contribution is 0.212. The number of hydrogen-bond donors (Lipinski definition) is 2. The van der Waals surface area contributed by atoms with E-state index in [1.54, 1.807) is 6.07 Å². The molecule has 2 rings (SSSR count). The van der Waals surface area contributed by atoms with Gasteiger partial charge in [0.2, 0.25) is 10.0 Å². The molecule has 0 amide bonds. The van der Waals surface area contributed by atoms with Crippen molar-refractivity contribution in [1.29, 1.82) is 0 Å². The van der Waals surface area contributed by atoms with E-state index in [1.165, 1.54) is 17.8 Å². The highest BCUT2D eigenvalue weighted by Gasteiger charge is 2.31. The summed E-state index contributed by atoms with van der Waals surface area (Å²) in [7, 11) is -1.57. The highest BCUT2D eigenvalue weighted by molar-refractivity contribution is 7.89.